The van der Waals surface area contributed by atoms with E-state index in [0.717, 1.165) is 16.3 Å². The number of halogens is 1. The summed E-state index contributed by atoms with van der Waals surface area (Å²) >= 11 is 6.14. The molecule has 8 nitrogen and oxygen atoms in total. The fourth-order valence-electron chi connectivity index (χ4n) is 4.45. The topological polar surface area (TPSA) is 107 Å². The molecule has 2 aliphatic heterocycles. The number of alkyl halides is 1. The molecule has 0 saturated heterocycles. The second-order valence-corrected chi connectivity index (χ2v) is 8.48. The summed E-state index contributed by atoms with van der Waals surface area (Å²) in [5, 5.41) is 14.3. The summed E-state index contributed by atoms with van der Waals surface area (Å²) in [6.45, 7) is 0.627. The first-order chi connectivity index (χ1) is 15.9. The van der Waals surface area contributed by atoms with E-state index in [4.69, 9.17) is 11.6 Å². The van der Waals surface area contributed by atoms with E-state index in [2.05, 4.69) is 5.32 Å². The largest absolute Gasteiger partial charge is 0.465 e. The molecule has 2 heterocycles. The minimum atomic E-state index is -1.05. The van der Waals surface area contributed by atoms with E-state index in [9.17, 15) is 24.3 Å². The van der Waals surface area contributed by atoms with Crippen molar-refractivity contribution in [1.82, 2.24) is 4.90 Å². The molecule has 0 unspecified atom stereocenters. The fraction of sp³-hybridized carbons (Fsp3) is 0.333. The van der Waals surface area contributed by atoms with Crippen LogP contribution in [0.1, 0.15) is 37.2 Å². The first-order valence-corrected chi connectivity index (χ1v) is 11.4. The molecule has 4 amide bonds. The number of anilines is 2. The Hall–Kier alpha value is -3.39. The molecule has 0 radical (unpaired) electrons. The van der Waals surface area contributed by atoms with E-state index in [1.165, 1.54) is 22.0 Å². The number of benzene rings is 2. The van der Waals surface area contributed by atoms with Crippen LogP contribution in [0.5, 0.6) is 0 Å². The van der Waals surface area contributed by atoms with Crippen molar-refractivity contribution in [3.05, 3.63) is 48.0 Å². The molecule has 0 fully saturated rings. The van der Waals surface area contributed by atoms with E-state index in [1.54, 1.807) is 6.07 Å². The molecule has 2 aromatic carbocycles. The summed E-state index contributed by atoms with van der Waals surface area (Å²) in [7, 11) is 0. The lowest BCUT2D eigenvalue weighted by atomic mass is 9.95. The third-order valence-electron chi connectivity index (χ3n) is 6.04. The van der Waals surface area contributed by atoms with Gasteiger partial charge in [-0.15, -0.1) is 11.6 Å². The zero-order valence-corrected chi connectivity index (χ0v) is 18.7. The second-order valence-electron chi connectivity index (χ2n) is 8.17. The number of rotatable bonds is 8. The first-order valence-electron chi connectivity index (χ1n) is 10.9. The molecule has 0 spiro atoms. The van der Waals surface area contributed by atoms with Crippen LogP contribution in [-0.4, -0.2) is 52.8 Å². The number of imide groups is 1. The fourth-order valence-corrected chi connectivity index (χ4v) is 4.70. The monoisotopic (exact) mass is 469 g/mol. The Labute approximate surface area is 195 Å². The number of hydrogen-bond acceptors (Lipinski definition) is 4. The number of amides is 4. The van der Waals surface area contributed by atoms with Crippen LogP contribution in [0.4, 0.5) is 16.2 Å². The molecule has 172 valence electrons. The third kappa shape index (κ3) is 4.57. The van der Waals surface area contributed by atoms with Crippen LogP contribution >= 0.6 is 11.6 Å². The maximum absolute atomic E-state index is 12.6. The van der Waals surface area contributed by atoms with Gasteiger partial charge in [0.25, 0.3) is 11.8 Å². The molecule has 33 heavy (non-hydrogen) atoms. The van der Waals surface area contributed by atoms with Gasteiger partial charge in [-0.25, -0.2) is 4.79 Å². The SMILES string of the molecule is O=C(CCCCCN1C(=O)C=CC1=O)Nc1cc2c(c3ccccc13)[C@@H](CCl)CN2C(=O)O. The zero-order chi connectivity index (χ0) is 23.5. The van der Waals surface area contributed by atoms with Crippen LogP contribution in [0, 0.1) is 0 Å². The van der Waals surface area contributed by atoms with Crippen molar-refractivity contribution in [2.75, 3.05) is 29.2 Å². The number of carboxylic acid groups (broad SMARTS) is 1. The van der Waals surface area contributed by atoms with Crippen molar-refractivity contribution in [3.63, 3.8) is 0 Å². The Balaban J connectivity index is 1.43. The molecule has 0 aliphatic carbocycles. The summed E-state index contributed by atoms with van der Waals surface area (Å²) < 4.78 is 0. The van der Waals surface area contributed by atoms with Gasteiger partial charge >= 0.3 is 6.09 Å². The highest BCUT2D eigenvalue weighted by Crippen LogP contribution is 2.44. The van der Waals surface area contributed by atoms with E-state index in [1.807, 2.05) is 24.3 Å². The number of fused-ring (bicyclic) bond motifs is 3. The van der Waals surface area contributed by atoms with Gasteiger partial charge in [0.05, 0.1) is 11.4 Å². The van der Waals surface area contributed by atoms with Gasteiger partial charge in [-0.1, -0.05) is 30.7 Å². The Morgan fingerprint density at radius 2 is 1.76 bits per heavy atom. The van der Waals surface area contributed by atoms with Gasteiger partial charge < -0.3 is 10.4 Å². The van der Waals surface area contributed by atoms with Gasteiger partial charge in [0.2, 0.25) is 5.91 Å². The quantitative estimate of drug-likeness (QED) is 0.344. The van der Waals surface area contributed by atoms with Gasteiger partial charge in [-0.2, -0.15) is 0 Å². The molecule has 0 bridgehead atoms. The van der Waals surface area contributed by atoms with Crippen molar-refractivity contribution >= 4 is 57.6 Å². The molecule has 2 N–H and O–H groups in total. The van der Waals surface area contributed by atoms with Crippen molar-refractivity contribution < 1.29 is 24.3 Å². The van der Waals surface area contributed by atoms with E-state index < -0.39 is 6.09 Å². The second kappa shape index (κ2) is 9.62. The number of nitrogens with one attached hydrogen (secondary N) is 1. The standard InChI is InChI=1S/C24H24ClN3O5/c25-13-15-14-28(24(32)33)19-12-18(16-6-3-4-7-17(16)23(15)19)26-20(29)8-2-1-5-11-27-21(30)9-10-22(27)31/h3-4,6-7,9-10,12,15H,1-2,5,8,11,13-14H2,(H,26,29)(H,32,33)/t15-/m0/s1. The third-order valence-corrected chi connectivity index (χ3v) is 6.42. The Bertz CT molecular complexity index is 1140. The number of nitrogens with zero attached hydrogens (tertiary/aromatic N) is 2. The van der Waals surface area contributed by atoms with Crippen molar-refractivity contribution in [3.8, 4) is 0 Å². The average molecular weight is 470 g/mol. The van der Waals surface area contributed by atoms with E-state index >= 15 is 0 Å². The highest BCUT2D eigenvalue weighted by Gasteiger charge is 2.34. The van der Waals surface area contributed by atoms with E-state index in [-0.39, 0.29) is 36.6 Å². The smallest absolute Gasteiger partial charge is 0.411 e. The van der Waals surface area contributed by atoms with Crippen LogP contribution in [-0.2, 0) is 14.4 Å². The Morgan fingerprint density at radius 1 is 1.06 bits per heavy atom. The van der Waals surface area contributed by atoms with Crippen LogP contribution in [0.25, 0.3) is 10.8 Å². The molecular formula is C24H24ClN3O5. The Morgan fingerprint density at radius 3 is 2.42 bits per heavy atom. The minimum absolute atomic E-state index is 0.114. The predicted octanol–water partition coefficient (Wildman–Crippen LogP) is 4.08. The number of hydrogen-bond donors (Lipinski definition) is 2. The number of unbranched alkanes of at least 4 members (excludes halogenated alkanes) is 2. The highest BCUT2D eigenvalue weighted by molar-refractivity contribution is 6.19. The molecule has 0 aromatic heterocycles. The van der Waals surface area contributed by atoms with Crippen molar-refractivity contribution in [2.45, 2.75) is 31.6 Å². The van der Waals surface area contributed by atoms with Crippen LogP contribution < -0.4 is 10.2 Å². The summed E-state index contributed by atoms with van der Waals surface area (Å²) in [5.41, 5.74) is 2.01. The maximum atomic E-state index is 12.6. The average Bonchev–Trinajstić information content (AvgIpc) is 3.33. The van der Waals surface area contributed by atoms with Gasteiger partial charge in [-0.05, 0) is 29.9 Å². The molecule has 2 aromatic rings. The normalized spacial score (nSPS) is 17.2. The molecule has 9 heteroatoms. The van der Waals surface area contributed by atoms with Crippen LogP contribution in [0.3, 0.4) is 0 Å². The summed E-state index contributed by atoms with van der Waals surface area (Å²) in [5.74, 6) is -0.584. The van der Waals surface area contributed by atoms with Gasteiger partial charge in [-0.3, -0.25) is 24.2 Å². The lowest BCUT2D eigenvalue weighted by Gasteiger charge is -2.17. The van der Waals surface area contributed by atoms with E-state index in [0.29, 0.717) is 43.1 Å². The number of carbonyl (C=O) groups is 4. The first kappa shape index (κ1) is 22.8. The molecular weight excluding hydrogens is 446 g/mol. The van der Waals surface area contributed by atoms with Crippen LogP contribution in [0.15, 0.2) is 42.5 Å². The van der Waals surface area contributed by atoms with Crippen molar-refractivity contribution in [2.24, 2.45) is 0 Å². The summed E-state index contributed by atoms with van der Waals surface area (Å²) in [6, 6.07) is 9.30. The minimum Gasteiger partial charge on any atom is -0.465 e. The molecule has 2 aliphatic rings. The van der Waals surface area contributed by atoms with Gasteiger partial charge in [0.1, 0.15) is 0 Å². The van der Waals surface area contributed by atoms with Crippen LogP contribution in [0.2, 0.25) is 0 Å². The summed E-state index contributed by atoms with van der Waals surface area (Å²) in [6.07, 6.45) is 3.67. The lowest BCUT2D eigenvalue weighted by molar-refractivity contribution is -0.136. The summed E-state index contributed by atoms with van der Waals surface area (Å²) in [4.78, 5) is 50.0. The molecule has 1 atom stereocenters. The number of carbonyl (C=O) groups excluding carboxylic acids is 3. The Kier molecular flexibility index (Phi) is 6.65. The maximum Gasteiger partial charge on any atom is 0.411 e. The zero-order valence-electron chi connectivity index (χ0n) is 17.9. The van der Waals surface area contributed by atoms with Gasteiger partial charge in [0.15, 0.2) is 0 Å². The molecule has 4 rings (SSSR count). The van der Waals surface area contributed by atoms with Crippen molar-refractivity contribution in [1.29, 1.82) is 0 Å². The highest BCUT2D eigenvalue weighted by atomic mass is 35.5. The molecule has 0 saturated carbocycles. The lowest BCUT2D eigenvalue weighted by Crippen LogP contribution is -2.30. The van der Waals surface area contributed by atoms with Gasteiger partial charge in [0, 0.05) is 48.8 Å². The predicted molar refractivity (Wildman–Crippen MR) is 126 cm³/mol.